The first-order valence-electron chi connectivity index (χ1n) is 6.79. The number of ether oxygens (including phenoxy) is 1. The molecule has 0 amide bonds. The molecule has 19 heavy (non-hydrogen) atoms. The summed E-state index contributed by atoms with van der Waals surface area (Å²) in [4.78, 5) is 6.63. The zero-order valence-corrected chi connectivity index (χ0v) is 11.1. The maximum Gasteiger partial charge on any atom is 0.298 e. The van der Waals surface area contributed by atoms with Crippen molar-refractivity contribution >= 4 is 22.8 Å². The van der Waals surface area contributed by atoms with E-state index in [0.29, 0.717) is 17.8 Å². The Morgan fingerprint density at radius 2 is 2.37 bits per heavy atom. The molecule has 0 spiro atoms. The molecule has 1 fully saturated rings. The Balaban J connectivity index is 1.83. The summed E-state index contributed by atoms with van der Waals surface area (Å²) in [6.45, 7) is 4.64. The molecule has 1 aromatic carbocycles. The first-order chi connectivity index (χ1) is 9.26. The van der Waals surface area contributed by atoms with Crippen LogP contribution in [-0.2, 0) is 4.74 Å². The Morgan fingerprint density at radius 1 is 1.47 bits per heavy atom. The highest BCUT2D eigenvalue weighted by Crippen LogP contribution is 2.25. The molecule has 1 aliphatic heterocycles. The lowest BCUT2D eigenvalue weighted by atomic mass is 10.2. The Bertz CT molecular complexity index is 561. The molecule has 1 atom stereocenters. The van der Waals surface area contributed by atoms with E-state index >= 15 is 0 Å². The van der Waals surface area contributed by atoms with Crippen molar-refractivity contribution < 1.29 is 9.15 Å². The predicted molar refractivity (Wildman–Crippen MR) is 75.3 cm³/mol. The van der Waals surface area contributed by atoms with Crippen LogP contribution in [0.1, 0.15) is 19.8 Å². The molecule has 1 unspecified atom stereocenters. The van der Waals surface area contributed by atoms with Gasteiger partial charge in [-0.2, -0.15) is 4.98 Å². The second-order valence-corrected chi connectivity index (χ2v) is 4.90. The van der Waals surface area contributed by atoms with Gasteiger partial charge in [-0.15, -0.1) is 0 Å². The third-order valence-electron chi connectivity index (χ3n) is 3.50. The molecule has 0 radical (unpaired) electrons. The number of hydrogen-bond acceptors (Lipinski definition) is 5. The summed E-state index contributed by atoms with van der Waals surface area (Å²) in [5, 5.41) is 0. The first kappa shape index (κ1) is 12.3. The predicted octanol–water partition coefficient (Wildman–Crippen LogP) is 2.42. The number of oxazole rings is 1. The number of anilines is 2. The van der Waals surface area contributed by atoms with Crippen molar-refractivity contribution in [3.05, 3.63) is 18.2 Å². The summed E-state index contributed by atoms with van der Waals surface area (Å²) >= 11 is 0. The molecule has 2 aromatic rings. The van der Waals surface area contributed by atoms with Gasteiger partial charge in [-0.25, -0.2) is 0 Å². The highest BCUT2D eigenvalue weighted by Gasteiger charge is 2.21. The molecule has 1 aliphatic rings. The lowest BCUT2D eigenvalue weighted by molar-refractivity contribution is 0.115. The van der Waals surface area contributed by atoms with E-state index in [1.807, 2.05) is 18.2 Å². The molecule has 5 nitrogen and oxygen atoms in total. The van der Waals surface area contributed by atoms with Crippen molar-refractivity contribution in [2.75, 3.05) is 30.3 Å². The van der Waals surface area contributed by atoms with Gasteiger partial charge in [-0.3, -0.25) is 0 Å². The molecule has 0 aliphatic carbocycles. The van der Waals surface area contributed by atoms with Gasteiger partial charge in [0.15, 0.2) is 5.58 Å². The Hall–Kier alpha value is -1.75. The topological polar surface area (TPSA) is 64.5 Å². The zero-order valence-electron chi connectivity index (χ0n) is 11.1. The van der Waals surface area contributed by atoms with E-state index in [2.05, 4.69) is 16.8 Å². The van der Waals surface area contributed by atoms with Crippen molar-refractivity contribution in [3.63, 3.8) is 0 Å². The van der Waals surface area contributed by atoms with Gasteiger partial charge in [-0.1, -0.05) is 0 Å². The summed E-state index contributed by atoms with van der Waals surface area (Å²) < 4.78 is 11.5. The number of nitrogens with two attached hydrogens (primary N) is 1. The molecular formula is C14H19N3O2. The molecule has 3 rings (SSSR count). The molecule has 0 bridgehead atoms. The SMILES string of the molecule is CCN(CC1CCCO1)c1nc2cc(N)ccc2o1. The normalized spacial score (nSPS) is 19.1. The van der Waals surface area contributed by atoms with Gasteiger partial charge in [0.1, 0.15) is 5.52 Å². The maximum atomic E-state index is 5.79. The van der Waals surface area contributed by atoms with Gasteiger partial charge in [0.2, 0.25) is 0 Å². The number of hydrogen-bond donors (Lipinski definition) is 1. The van der Waals surface area contributed by atoms with Crippen LogP contribution in [0.4, 0.5) is 11.7 Å². The quantitative estimate of drug-likeness (QED) is 0.856. The molecular weight excluding hydrogens is 242 g/mol. The first-order valence-corrected chi connectivity index (χ1v) is 6.79. The van der Waals surface area contributed by atoms with E-state index in [0.717, 1.165) is 43.6 Å². The molecule has 2 heterocycles. The lowest BCUT2D eigenvalue weighted by Crippen LogP contribution is -2.32. The summed E-state index contributed by atoms with van der Waals surface area (Å²) in [6.07, 6.45) is 2.55. The fourth-order valence-electron chi connectivity index (χ4n) is 2.44. The number of nitrogens with zero attached hydrogens (tertiary/aromatic N) is 2. The Kier molecular flexibility index (Phi) is 3.29. The van der Waals surface area contributed by atoms with E-state index in [-0.39, 0.29) is 0 Å². The minimum Gasteiger partial charge on any atom is -0.423 e. The number of aromatic nitrogens is 1. The van der Waals surface area contributed by atoms with E-state index < -0.39 is 0 Å². The van der Waals surface area contributed by atoms with Gasteiger partial charge in [0.25, 0.3) is 6.01 Å². The minimum atomic E-state index is 0.292. The minimum absolute atomic E-state index is 0.292. The average Bonchev–Trinajstić information content (AvgIpc) is 3.03. The van der Waals surface area contributed by atoms with Gasteiger partial charge in [0.05, 0.1) is 6.10 Å². The number of nitrogen functional groups attached to an aromatic ring is 1. The summed E-state index contributed by atoms with van der Waals surface area (Å²) in [6, 6.07) is 6.18. The standard InChI is InChI=1S/C14H19N3O2/c1-2-17(9-11-4-3-7-18-11)14-16-12-8-10(15)5-6-13(12)19-14/h5-6,8,11H,2-4,7,9,15H2,1H3. The third kappa shape index (κ3) is 2.51. The van der Waals surface area contributed by atoms with Crippen LogP contribution >= 0.6 is 0 Å². The Labute approximate surface area is 112 Å². The summed E-state index contributed by atoms with van der Waals surface area (Å²) in [5.41, 5.74) is 8.04. The number of fused-ring (bicyclic) bond motifs is 1. The van der Waals surface area contributed by atoms with Crippen molar-refractivity contribution in [3.8, 4) is 0 Å². The molecule has 1 aromatic heterocycles. The number of benzene rings is 1. The summed E-state index contributed by atoms with van der Waals surface area (Å²) in [7, 11) is 0. The Morgan fingerprint density at radius 3 is 3.11 bits per heavy atom. The van der Waals surface area contributed by atoms with Gasteiger partial charge in [-0.05, 0) is 38.0 Å². The van der Waals surface area contributed by atoms with Crippen molar-refractivity contribution in [2.24, 2.45) is 0 Å². The largest absolute Gasteiger partial charge is 0.423 e. The third-order valence-corrected chi connectivity index (χ3v) is 3.50. The molecule has 1 saturated heterocycles. The van der Waals surface area contributed by atoms with Crippen LogP contribution in [-0.4, -0.2) is 30.8 Å². The fourth-order valence-corrected chi connectivity index (χ4v) is 2.44. The average molecular weight is 261 g/mol. The smallest absolute Gasteiger partial charge is 0.298 e. The monoisotopic (exact) mass is 261 g/mol. The fraction of sp³-hybridized carbons (Fsp3) is 0.500. The van der Waals surface area contributed by atoms with Crippen LogP contribution in [0.3, 0.4) is 0 Å². The highest BCUT2D eigenvalue weighted by molar-refractivity contribution is 5.78. The van der Waals surface area contributed by atoms with Crippen molar-refractivity contribution in [2.45, 2.75) is 25.9 Å². The zero-order chi connectivity index (χ0) is 13.2. The highest BCUT2D eigenvalue weighted by atomic mass is 16.5. The van der Waals surface area contributed by atoms with E-state index in [1.165, 1.54) is 0 Å². The van der Waals surface area contributed by atoms with E-state index in [9.17, 15) is 0 Å². The number of rotatable bonds is 4. The van der Waals surface area contributed by atoms with Crippen molar-refractivity contribution in [1.29, 1.82) is 0 Å². The van der Waals surface area contributed by atoms with Crippen LogP contribution in [0, 0.1) is 0 Å². The molecule has 5 heteroatoms. The molecule has 2 N–H and O–H groups in total. The lowest BCUT2D eigenvalue weighted by Gasteiger charge is -2.21. The maximum absolute atomic E-state index is 5.79. The van der Waals surface area contributed by atoms with Gasteiger partial charge >= 0.3 is 0 Å². The van der Waals surface area contributed by atoms with Crippen LogP contribution in [0.2, 0.25) is 0 Å². The van der Waals surface area contributed by atoms with Crippen LogP contribution in [0.5, 0.6) is 0 Å². The van der Waals surface area contributed by atoms with E-state index in [4.69, 9.17) is 14.9 Å². The van der Waals surface area contributed by atoms with Crippen LogP contribution < -0.4 is 10.6 Å². The van der Waals surface area contributed by atoms with Crippen molar-refractivity contribution in [1.82, 2.24) is 4.98 Å². The summed E-state index contributed by atoms with van der Waals surface area (Å²) in [5.74, 6) is 0. The second-order valence-electron chi connectivity index (χ2n) is 4.90. The number of likely N-dealkylation sites (N-methyl/N-ethyl adjacent to an activating group) is 1. The van der Waals surface area contributed by atoms with Crippen LogP contribution in [0.25, 0.3) is 11.1 Å². The molecule has 0 saturated carbocycles. The molecule has 102 valence electrons. The van der Waals surface area contributed by atoms with Gasteiger partial charge < -0.3 is 19.8 Å². The van der Waals surface area contributed by atoms with Crippen LogP contribution in [0.15, 0.2) is 22.6 Å². The second kappa shape index (κ2) is 5.09. The van der Waals surface area contributed by atoms with E-state index in [1.54, 1.807) is 0 Å². The van der Waals surface area contributed by atoms with Gasteiger partial charge in [0, 0.05) is 25.4 Å².